The number of pyridine rings is 1. The molecule has 0 unspecified atom stereocenters. The van der Waals surface area contributed by atoms with Crippen LogP contribution in [-0.2, 0) is 12.8 Å². The highest BCUT2D eigenvalue weighted by Gasteiger charge is 2.19. The molecule has 0 amide bonds. The molecule has 0 aliphatic rings. The minimum atomic E-state index is 0.345. The highest BCUT2D eigenvalue weighted by Crippen LogP contribution is 2.35. The van der Waals surface area contributed by atoms with Crippen LogP contribution in [0.15, 0.2) is 18.2 Å². The lowest BCUT2D eigenvalue weighted by Crippen LogP contribution is -2.08. The third-order valence-electron chi connectivity index (χ3n) is 4.02. The van der Waals surface area contributed by atoms with E-state index in [0.29, 0.717) is 11.4 Å². The number of aromatic nitrogens is 1. The maximum atomic E-state index is 9.58. The Kier molecular flexibility index (Phi) is 4.82. The van der Waals surface area contributed by atoms with Crippen LogP contribution in [0, 0.1) is 25.2 Å². The number of aryl methyl sites for hydroxylation is 3. The van der Waals surface area contributed by atoms with Crippen LogP contribution in [0.1, 0.15) is 48.2 Å². The van der Waals surface area contributed by atoms with Gasteiger partial charge >= 0.3 is 0 Å². The number of nitriles is 1. The van der Waals surface area contributed by atoms with E-state index in [4.69, 9.17) is 5.73 Å². The molecule has 3 nitrogen and oxygen atoms in total. The number of hydrogen-bond donors (Lipinski definition) is 1. The minimum Gasteiger partial charge on any atom is -0.383 e. The highest BCUT2D eigenvalue weighted by atomic mass is 14.9. The number of nitrogens with two attached hydrogens (primary N) is 1. The Morgan fingerprint density at radius 2 is 1.95 bits per heavy atom. The molecule has 22 heavy (non-hydrogen) atoms. The SMILES string of the molecule is CCCc1nc(N)c(C#N)c(-c2ccc(C)cc2C)c1CC. The molecular weight excluding hydrogens is 270 g/mol. The summed E-state index contributed by atoms with van der Waals surface area (Å²) in [6.07, 6.45) is 2.74. The Morgan fingerprint density at radius 3 is 2.50 bits per heavy atom. The van der Waals surface area contributed by atoms with Crippen molar-refractivity contribution in [1.29, 1.82) is 5.26 Å². The zero-order chi connectivity index (χ0) is 16.3. The first kappa shape index (κ1) is 16.0. The molecule has 0 aliphatic carbocycles. The van der Waals surface area contributed by atoms with Crippen LogP contribution in [0.4, 0.5) is 5.82 Å². The summed E-state index contributed by atoms with van der Waals surface area (Å²) in [5.74, 6) is 0.345. The van der Waals surface area contributed by atoms with Gasteiger partial charge in [0, 0.05) is 11.3 Å². The van der Waals surface area contributed by atoms with E-state index in [1.165, 1.54) is 11.1 Å². The first-order chi connectivity index (χ1) is 10.5. The number of hydrogen-bond acceptors (Lipinski definition) is 3. The zero-order valence-electron chi connectivity index (χ0n) is 13.8. The summed E-state index contributed by atoms with van der Waals surface area (Å²) in [7, 11) is 0. The van der Waals surface area contributed by atoms with Crippen LogP contribution in [0.3, 0.4) is 0 Å². The Balaban J connectivity index is 2.84. The average Bonchev–Trinajstić information content (AvgIpc) is 2.47. The Labute approximate surface area is 132 Å². The summed E-state index contributed by atoms with van der Waals surface area (Å²) in [4.78, 5) is 4.49. The summed E-state index contributed by atoms with van der Waals surface area (Å²) in [6, 6.07) is 8.58. The number of rotatable bonds is 4. The normalized spacial score (nSPS) is 10.5. The highest BCUT2D eigenvalue weighted by molar-refractivity contribution is 5.81. The predicted molar refractivity (Wildman–Crippen MR) is 91.6 cm³/mol. The van der Waals surface area contributed by atoms with E-state index < -0.39 is 0 Å². The molecular formula is C19H23N3. The second-order valence-corrected chi connectivity index (χ2v) is 5.71. The third-order valence-corrected chi connectivity index (χ3v) is 4.02. The van der Waals surface area contributed by atoms with Gasteiger partial charge in [0.05, 0.1) is 0 Å². The fraction of sp³-hybridized carbons (Fsp3) is 0.368. The fourth-order valence-electron chi connectivity index (χ4n) is 3.02. The van der Waals surface area contributed by atoms with Gasteiger partial charge in [0.15, 0.2) is 0 Å². The van der Waals surface area contributed by atoms with E-state index in [1.54, 1.807) is 0 Å². The molecule has 3 heteroatoms. The molecule has 0 saturated carbocycles. The lowest BCUT2D eigenvalue weighted by molar-refractivity contribution is 0.860. The van der Waals surface area contributed by atoms with Gasteiger partial charge in [-0.3, -0.25) is 0 Å². The number of anilines is 1. The van der Waals surface area contributed by atoms with E-state index in [1.807, 2.05) is 0 Å². The average molecular weight is 293 g/mol. The summed E-state index contributed by atoms with van der Waals surface area (Å²) >= 11 is 0. The van der Waals surface area contributed by atoms with Gasteiger partial charge in [-0.05, 0) is 43.4 Å². The Bertz CT molecular complexity index is 739. The molecule has 0 radical (unpaired) electrons. The fourth-order valence-corrected chi connectivity index (χ4v) is 3.02. The topological polar surface area (TPSA) is 62.7 Å². The van der Waals surface area contributed by atoms with Crippen molar-refractivity contribution in [2.75, 3.05) is 5.73 Å². The van der Waals surface area contributed by atoms with Crippen LogP contribution in [0.5, 0.6) is 0 Å². The second-order valence-electron chi connectivity index (χ2n) is 5.71. The van der Waals surface area contributed by atoms with Gasteiger partial charge in [-0.2, -0.15) is 5.26 Å². The molecule has 1 aromatic heterocycles. The molecule has 1 heterocycles. The first-order valence-electron chi connectivity index (χ1n) is 7.82. The second kappa shape index (κ2) is 6.62. The van der Waals surface area contributed by atoms with E-state index in [9.17, 15) is 5.26 Å². The largest absolute Gasteiger partial charge is 0.383 e. The molecule has 2 aromatic rings. The van der Waals surface area contributed by atoms with Gasteiger partial charge in [-0.1, -0.05) is 44.0 Å². The molecule has 2 N–H and O–H groups in total. The summed E-state index contributed by atoms with van der Waals surface area (Å²) < 4.78 is 0. The minimum absolute atomic E-state index is 0.345. The van der Waals surface area contributed by atoms with Crippen LogP contribution < -0.4 is 5.73 Å². The monoisotopic (exact) mass is 293 g/mol. The van der Waals surface area contributed by atoms with E-state index in [0.717, 1.165) is 41.6 Å². The number of nitrogens with zero attached hydrogens (tertiary/aromatic N) is 2. The van der Waals surface area contributed by atoms with Crippen molar-refractivity contribution >= 4 is 5.82 Å². The maximum absolute atomic E-state index is 9.58. The van der Waals surface area contributed by atoms with Crippen molar-refractivity contribution in [3.05, 3.63) is 46.1 Å². The molecule has 1 aromatic carbocycles. The number of nitrogen functional groups attached to an aromatic ring is 1. The van der Waals surface area contributed by atoms with E-state index in [2.05, 4.69) is 56.9 Å². The predicted octanol–water partition coefficient (Wildman–Crippen LogP) is 4.33. The van der Waals surface area contributed by atoms with Gasteiger partial charge in [-0.15, -0.1) is 0 Å². The van der Waals surface area contributed by atoms with E-state index >= 15 is 0 Å². The van der Waals surface area contributed by atoms with Gasteiger partial charge in [0.2, 0.25) is 0 Å². The van der Waals surface area contributed by atoms with Crippen LogP contribution in [0.25, 0.3) is 11.1 Å². The van der Waals surface area contributed by atoms with Gasteiger partial charge < -0.3 is 5.73 Å². The summed E-state index contributed by atoms with van der Waals surface area (Å²) in [5.41, 5.74) is 13.2. The van der Waals surface area contributed by atoms with Gasteiger partial charge in [0.1, 0.15) is 17.5 Å². The van der Waals surface area contributed by atoms with Crippen molar-refractivity contribution in [3.63, 3.8) is 0 Å². The molecule has 0 atom stereocenters. The zero-order valence-corrected chi connectivity index (χ0v) is 13.8. The van der Waals surface area contributed by atoms with Crippen molar-refractivity contribution in [2.45, 2.75) is 47.0 Å². The third kappa shape index (κ3) is 2.82. The van der Waals surface area contributed by atoms with Crippen LogP contribution >= 0.6 is 0 Å². The van der Waals surface area contributed by atoms with Crippen LogP contribution in [0.2, 0.25) is 0 Å². The lowest BCUT2D eigenvalue weighted by atomic mass is 9.89. The van der Waals surface area contributed by atoms with Crippen LogP contribution in [-0.4, -0.2) is 4.98 Å². The molecule has 0 bridgehead atoms. The van der Waals surface area contributed by atoms with Gasteiger partial charge in [-0.25, -0.2) is 4.98 Å². The molecule has 0 saturated heterocycles. The quantitative estimate of drug-likeness (QED) is 0.912. The molecule has 2 rings (SSSR count). The summed E-state index contributed by atoms with van der Waals surface area (Å²) in [6.45, 7) is 8.40. The maximum Gasteiger partial charge on any atom is 0.142 e. The molecule has 0 spiro atoms. The van der Waals surface area contributed by atoms with Crippen molar-refractivity contribution in [2.24, 2.45) is 0 Å². The molecule has 0 fully saturated rings. The van der Waals surface area contributed by atoms with Crippen molar-refractivity contribution < 1.29 is 0 Å². The number of benzene rings is 1. The molecule has 114 valence electrons. The smallest absolute Gasteiger partial charge is 0.142 e. The molecule has 0 aliphatic heterocycles. The Hall–Kier alpha value is -2.34. The first-order valence-corrected chi connectivity index (χ1v) is 7.82. The van der Waals surface area contributed by atoms with Gasteiger partial charge in [0.25, 0.3) is 0 Å². The lowest BCUT2D eigenvalue weighted by Gasteiger charge is -2.18. The van der Waals surface area contributed by atoms with E-state index in [-0.39, 0.29) is 0 Å². The van der Waals surface area contributed by atoms with Crippen molar-refractivity contribution in [1.82, 2.24) is 4.98 Å². The standard InChI is InChI=1S/C19H23N3/c1-5-7-17-14(6-2)18(16(11-20)19(21)22-17)15-9-8-12(3)10-13(15)4/h8-10H,5-7H2,1-4H3,(H2,21,22). The summed E-state index contributed by atoms with van der Waals surface area (Å²) in [5, 5.41) is 9.58. The Morgan fingerprint density at radius 1 is 1.23 bits per heavy atom. The van der Waals surface area contributed by atoms with Crippen molar-refractivity contribution in [3.8, 4) is 17.2 Å².